The van der Waals surface area contributed by atoms with E-state index in [0.717, 1.165) is 52.1 Å². The molecule has 57 heavy (non-hydrogen) atoms. The Hall–Kier alpha value is -4.55. The Morgan fingerprint density at radius 2 is 0.825 bits per heavy atom. The molecule has 6 nitrogen and oxygen atoms in total. The van der Waals surface area contributed by atoms with Crippen LogP contribution in [0.4, 0.5) is 0 Å². The molecule has 2 saturated heterocycles. The van der Waals surface area contributed by atoms with Crippen molar-refractivity contribution in [1.29, 1.82) is 0 Å². The summed E-state index contributed by atoms with van der Waals surface area (Å²) in [5, 5.41) is 12.0. The first kappa shape index (κ1) is 39.3. The van der Waals surface area contributed by atoms with Crippen LogP contribution in [-0.2, 0) is 47.0 Å². The fourth-order valence-electron chi connectivity index (χ4n) is 8.54. The molecule has 0 spiro atoms. The third-order valence-corrected chi connectivity index (χ3v) is 11.2. The molecule has 2 aliphatic rings. The largest absolute Gasteiger partial charge is 4.00 e. The maximum atomic E-state index is 3.75. The van der Waals surface area contributed by atoms with Gasteiger partial charge >= 0.3 is 21.1 Å². The van der Waals surface area contributed by atoms with Gasteiger partial charge in [0.05, 0.1) is 22.1 Å². The molecule has 0 bridgehead atoms. The first-order chi connectivity index (χ1) is 27.7. The molecule has 0 amide bonds. The normalized spacial score (nSPS) is 15.2. The average Bonchev–Trinajstić information content (AvgIpc) is 3.78. The van der Waals surface area contributed by atoms with Crippen molar-refractivity contribution in [2.75, 3.05) is 26.2 Å². The van der Waals surface area contributed by atoms with Gasteiger partial charge in [-0.1, -0.05) is 111 Å². The van der Waals surface area contributed by atoms with E-state index in [9.17, 15) is 0 Å². The van der Waals surface area contributed by atoms with Crippen LogP contribution in [-0.4, -0.2) is 45.1 Å². The summed E-state index contributed by atoms with van der Waals surface area (Å²) < 4.78 is 4.80. The Balaban J connectivity index is 0.000000167. The van der Waals surface area contributed by atoms with Crippen LogP contribution in [0.5, 0.6) is 0 Å². The smallest absolute Gasteiger partial charge is 0.456 e. The number of benzene rings is 6. The monoisotopic (exact) mass is 929 g/mol. The third-order valence-electron chi connectivity index (χ3n) is 11.2. The van der Waals surface area contributed by atoms with E-state index < -0.39 is 0 Å². The van der Waals surface area contributed by atoms with Crippen LogP contribution in [0, 0.1) is 25.5 Å². The maximum Gasteiger partial charge on any atom is 4.00 e. The minimum Gasteiger partial charge on any atom is -0.456 e. The third kappa shape index (κ3) is 8.25. The van der Waals surface area contributed by atoms with E-state index in [-0.39, 0.29) is 21.1 Å². The number of para-hydroxylation sites is 4. The van der Waals surface area contributed by atoms with Crippen molar-refractivity contribution in [2.45, 2.75) is 52.6 Å². The molecule has 0 saturated carbocycles. The second-order valence-electron chi connectivity index (χ2n) is 15.0. The van der Waals surface area contributed by atoms with Crippen LogP contribution < -0.4 is 10.6 Å². The van der Waals surface area contributed by atoms with Gasteiger partial charge in [-0.3, -0.25) is 0 Å². The maximum absolute atomic E-state index is 3.75. The van der Waals surface area contributed by atoms with Gasteiger partial charge < -0.3 is 29.6 Å². The van der Waals surface area contributed by atoms with Crippen LogP contribution in [0.1, 0.15) is 48.9 Å². The van der Waals surface area contributed by atoms with Crippen molar-refractivity contribution in [2.24, 2.45) is 0 Å². The van der Waals surface area contributed by atoms with E-state index in [1.54, 1.807) is 0 Å². The van der Waals surface area contributed by atoms with Gasteiger partial charge in [0.25, 0.3) is 0 Å². The molecule has 2 aliphatic heterocycles. The van der Waals surface area contributed by atoms with Gasteiger partial charge in [0.1, 0.15) is 0 Å². The summed E-state index contributed by atoms with van der Waals surface area (Å²) in [5.41, 5.74) is 12.5. The second-order valence-corrected chi connectivity index (χ2v) is 15.0. The molecule has 0 unspecified atom stereocenters. The standard InChI is InChI=1S/C28H30N5.C22H20N.Pt/c1-3-9-27-25(7-1)26-8-2-4-10-28(26)33(27)24-16-22(18-31-13-5-11-29-20-31)15-23(17-24)19-32-14-6-12-30-21-32;1-3-16-13-17(4-2)15-18(14-16)23-21-11-7-5-9-19(21)20-10-6-8-12-22(20)23;/h1-4,7-10,16-17,20-21,29-30H,5-6,11-14,18-19H2;5-12,14-15H,3-4H2,1-2H3;/q-3;-1;+4. The van der Waals surface area contributed by atoms with Gasteiger partial charge in [-0.15, -0.1) is 35.4 Å². The molecule has 0 atom stereocenters. The van der Waals surface area contributed by atoms with Crippen LogP contribution in [0.2, 0.25) is 0 Å². The fraction of sp³-hybridized carbons (Fsp3) is 0.240. The van der Waals surface area contributed by atoms with Gasteiger partial charge in [-0.05, 0) is 76.4 Å². The van der Waals surface area contributed by atoms with Gasteiger partial charge in [-0.2, -0.15) is 23.3 Å². The van der Waals surface area contributed by atoms with Gasteiger partial charge in [0.2, 0.25) is 0 Å². The fourth-order valence-corrected chi connectivity index (χ4v) is 8.54. The molecule has 0 aliphatic carbocycles. The molecule has 290 valence electrons. The molecular weight excluding hydrogens is 880 g/mol. The average molecular weight is 930 g/mol. The van der Waals surface area contributed by atoms with E-state index in [0.29, 0.717) is 0 Å². The topological polar surface area (TPSA) is 40.4 Å². The van der Waals surface area contributed by atoms with E-state index in [1.165, 1.54) is 90.1 Å². The van der Waals surface area contributed by atoms with Crippen molar-refractivity contribution in [3.05, 3.63) is 169 Å². The molecule has 2 aromatic heterocycles. The quantitative estimate of drug-likeness (QED) is 0.149. The van der Waals surface area contributed by atoms with Gasteiger partial charge in [0, 0.05) is 21.5 Å². The van der Waals surface area contributed by atoms with Crippen molar-refractivity contribution < 1.29 is 21.1 Å². The number of aryl methyl sites for hydroxylation is 2. The van der Waals surface area contributed by atoms with Crippen LogP contribution in [0.15, 0.2) is 121 Å². The SMILES string of the molecule is CCc1[c-]c(CC)cc(-n2c3ccccc3c3ccccc32)c1.[Pt+4].[c-]1c(CN2[CH-]NCCC2)cc(-n2c3ccccc3c3ccccc32)cc1CN1[CH-]NCCC1. The molecule has 7 heteroatoms. The Bertz CT molecular complexity index is 2440. The zero-order valence-electron chi connectivity index (χ0n) is 32.9. The minimum atomic E-state index is 0. The second kappa shape index (κ2) is 17.9. The molecule has 10 rings (SSSR count). The molecule has 4 heterocycles. The number of hydrogen-bond donors (Lipinski definition) is 2. The number of rotatable bonds is 8. The first-order valence-corrected chi connectivity index (χ1v) is 20.4. The Morgan fingerprint density at radius 3 is 1.16 bits per heavy atom. The van der Waals surface area contributed by atoms with Crippen molar-refractivity contribution in [3.63, 3.8) is 0 Å². The van der Waals surface area contributed by atoms with E-state index in [2.05, 4.69) is 190 Å². The molecule has 2 N–H and O–H groups in total. The van der Waals surface area contributed by atoms with Crippen LogP contribution in [0.3, 0.4) is 0 Å². The summed E-state index contributed by atoms with van der Waals surface area (Å²) in [6.45, 7) is 14.7. The van der Waals surface area contributed by atoms with Crippen molar-refractivity contribution >= 4 is 43.6 Å². The Morgan fingerprint density at radius 1 is 0.491 bits per heavy atom. The van der Waals surface area contributed by atoms with Crippen molar-refractivity contribution in [3.8, 4) is 11.4 Å². The summed E-state index contributed by atoms with van der Waals surface area (Å²) >= 11 is 0. The molecule has 2 fully saturated rings. The summed E-state index contributed by atoms with van der Waals surface area (Å²) in [6, 6.07) is 51.3. The Kier molecular flexibility index (Phi) is 12.4. The number of nitrogens with one attached hydrogen (secondary N) is 2. The zero-order chi connectivity index (χ0) is 37.8. The van der Waals surface area contributed by atoms with E-state index in [4.69, 9.17) is 0 Å². The number of aromatic nitrogens is 2. The molecular formula is C50H50N6Pt. The summed E-state index contributed by atoms with van der Waals surface area (Å²) in [5.74, 6) is 0. The minimum absolute atomic E-state index is 0. The Labute approximate surface area is 351 Å². The number of fused-ring (bicyclic) bond motifs is 6. The summed E-state index contributed by atoms with van der Waals surface area (Å²) in [4.78, 5) is 4.73. The predicted molar refractivity (Wildman–Crippen MR) is 233 cm³/mol. The molecule has 0 radical (unpaired) electrons. The van der Waals surface area contributed by atoms with Crippen molar-refractivity contribution in [1.82, 2.24) is 29.6 Å². The van der Waals surface area contributed by atoms with Crippen LogP contribution in [0.25, 0.3) is 55.0 Å². The number of hydrogen-bond acceptors (Lipinski definition) is 4. The van der Waals surface area contributed by atoms with Gasteiger partial charge in [-0.25, -0.2) is 13.3 Å². The summed E-state index contributed by atoms with van der Waals surface area (Å²) in [7, 11) is 0. The van der Waals surface area contributed by atoms with E-state index >= 15 is 0 Å². The molecule has 6 aromatic carbocycles. The van der Waals surface area contributed by atoms with Gasteiger partial charge in [0.15, 0.2) is 0 Å². The molecule has 8 aromatic rings. The first-order valence-electron chi connectivity index (χ1n) is 20.4. The summed E-state index contributed by atoms with van der Waals surface area (Å²) in [6.07, 6.45) is 4.37. The number of nitrogens with zero attached hydrogens (tertiary/aromatic N) is 4. The van der Waals surface area contributed by atoms with Crippen LogP contribution >= 0.6 is 0 Å². The van der Waals surface area contributed by atoms with E-state index in [1.807, 2.05) is 0 Å². The predicted octanol–water partition coefficient (Wildman–Crippen LogP) is 10.1. The zero-order valence-corrected chi connectivity index (χ0v) is 35.2.